The van der Waals surface area contributed by atoms with Gasteiger partial charge in [0.2, 0.25) is 5.91 Å². The SMILES string of the molecule is CCN(CC)Cc1ccc(NC(=O)CCc2cccc(C(=O)NC)c2)cc1. The first kappa shape index (κ1) is 20.6. The lowest BCUT2D eigenvalue weighted by atomic mass is 10.1. The van der Waals surface area contributed by atoms with E-state index < -0.39 is 0 Å². The zero-order valence-electron chi connectivity index (χ0n) is 16.4. The molecular weight excluding hydrogens is 338 g/mol. The van der Waals surface area contributed by atoms with Crippen LogP contribution in [0.1, 0.15) is 41.8 Å². The first-order valence-electron chi connectivity index (χ1n) is 9.47. The Morgan fingerprint density at radius 1 is 0.963 bits per heavy atom. The third kappa shape index (κ3) is 6.53. The molecule has 0 aliphatic carbocycles. The van der Waals surface area contributed by atoms with Crippen molar-refractivity contribution >= 4 is 17.5 Å². The molecule has 2 aromatic carbocycles. The number of carbonyl (C=O) groups is 2. The molecule has 0 saturated carbocycles. The van der Waals surface area contributed by atoms with Gasteiger partial charge >= 0.3 is 0 Å². The molecule has 2 rings (SSSR count). The Bertz CT molecular complexity index is 752. The van der Waals surface area contributed by atoms with Crippen LogP contribution in [0.5, 0.6) is 0 Å². The van der Waals surface area contributed by atoms with Crippen LogP contribution in [-0.4, -0.2) is 36.9 Å². The van der Waals surface area contributed by atoms with Crippen molar-refractivity contribution in [2.24, 2.45) is 0 Å². The molecule has 0 unspecified atom stereocenters. The van der Waals surface area contributed by atoms with E-state index in [0.717, 1.165) is 30.9 Å². The minimum absolute atomic E-state index is 0.0307. The maximum Gasteiger partial charge on any atom is 0.251 e. The number of carbonyl (C=O) groups excluding carboxylic acids is 2. The quantitative estimate of drug-likeness (QED) is 0.713. The largest absolute Gasteiger partial charge is 0.355 e. The highest BCUT2D eigenvalue weighted by atomic mass is 16.2. The van der Waals surface area contributed by atoms with Gasteiger partial charge in [-0.1, -0.05) is 38.1 Å². The molecule has 2 amide bonds. The molecule has 0 heterocycles. The van der Waals surface area contributed by atoms with E-state index in [-0.39, 0.29) is 11.8 Å². The van der Waals surface area contributed by atoms with Crippen molar-refractivity contribution < 1.29 is 9.59 Å². The molecule has 0 saturated heterocycles. The van der Waals surface area contributed by atoms with Gasteiger partial charge in [0.15, 0.2) is 0 Å². The predicted molar refractivity (Wildman–Crippen MR) is 110 cm³/mol. The third-order valence-electron chi connectivity index (χ3n) is 4.60. The van der Waals surface area contributed by atoms with E-state index in [1.165, 1.54) is 5.56 Å². The number of nitrogens with one attached hydrogen (secondary N) is 2. The molecule has 0 aromatic heterocycles. The molecule has 0 spiro atoms. The normalized spacial score (nSPS) is 10.7. The summed E-state index contributed by atoms with van der Waals surface area (Å²) in [4.78, 5) is 26.2. The number of aryl methyl sites for hydroxylation is 1. The van der Waals surface area contributed by atoms with Crippen LogP contribution in [0.3, 0.4) is 0 Å². The van der Waals surface area contributed by atoms with E-state index in [1.807, 2.05) is 30.3 Å². The van der Waals surface area contributed by atoms with Gasteiger partial charge in [-0.05, 0) is 54.9 Å². The zero-order valence-corrected chi connectivity index (χ0v) is 16.4. The summed E-state index contributed by atoms with van der Waals surface area (Å²) in [5.74, 6) is -0.150. The fraction of sp³-hybridized carbons (Fsp3) is 0.364. The number of amides is 2. The lowest BCUT2D eigenvalue weighted by molar-refractivity contribution is -0.116. The van der Waals surface area contributed by atoms with Crippen molar-refractivity contribution in [3.05, 3.63) is 65.2 Å². The highest BCUT2D eigenvalue weighted by molar-refractivity contribution is 5.94. The van der Waals surface area contributed by atoms with Crippen molar-refractivity contribution in [2.45, 2.75) is 33.2 Å². The second-order valence-corrected chi connectivity index (χ2v) is 6.49. The number of rotatable bonds is 9. The van der Waals surface area contributed by atoms with Gasteiger partial charge in [-0.15, -0.1) is 0 Å². The maximum atomic E-state index is 12.2. The molecule has 0 fully saturated rings. The number of nitrogens with zero attached hydrogens (tertiary/aromatic N) is 1. The highest BCUT2D eigenvalue weighted by Gasteiger charge is 2.07. The first-order valence-corrected chi connectivity index (χ1v) is 9.47. The van der Waals surface area contributed by atoms with Crippen LogP contribution in [0, 0.1) is 0 Å². The van der Waals surface area contributed by atoms with Crippen LogP contribution >= 0.6 is 0 Å². The highest BCUT2D eigenvalue weighted by Crippen LogP contribution is 2.13. The summed E-state index contributed by atoms with van der Waals surface area (Å²) in [5, 5.41) is 5.55. The van der Waals surface area contributed by atoms with Crippen LogP contribution in [0.2, 0.25) is 0 Å². The third-order valence-corrected chi connectivity index (χ3v) is 4.60. The number of anilines is 1. The van der Waals surface area contributed by atoms with Gasteiger partial charge in [0.25, 0.3) is 5.91 Å². The second kappa shape index (κ2) is 10.5. The van der Waals surface area contributed by atoms with Crippen LogP contribution in [0.25, 0.3) is 0 Å². The van der Waals surface area contributed by atoms with Crippen LogP contribution in [-0.2, 0) is 17.8 Å². The number of hydrogen-bond donors (Lipinski definition) is 2. The summed E-state index contributed by atoms with van der Waals surface area (Å²) in [7, 11) is 1.61. The molecule has 0 atom stereocenters. The molecule has 0 bridgehead atoms. The smallest absolute Gasteiger partial charge is 0.251 e. The van der Waals surface area contributed by atoms with Gasteiger partial charge in [-0.25, -0.2) is 0 Å². The Hall–Kier alpha value is -2.66. The summed E-state index contributed by atoms with van der Waals surface area (Å²) in [5.41, 5.74) is 3.63. The van der Waals surface area contributed by atoms with E-state index in [9.17, 15) is 9.59 Å². The van der Waals surface area contributed by atoms with Gasteiger partial charge in [-0.3, -0.25) is 14.5 Å². The summed E-state index contributed by atoms with van der Waals surface area (Å²) in [6.07, 6.45) is 0.967. The summed E-state index contributed by atoms with van der Waals surface area (Å²) in [6.45, 7) is 7.28. The predicted octanol–water partition coefficient (Wildman–Crippen LogP) is 3.46. The molecule has 0 aliphatic rings. The van der Waals surface area contributed by atoms with Gasteiger partial charge in [0.1, 0.15) is 0 Å². The Morgan fingerprint density at radius 2 is 1.67 bits per heavy atom. The summed E-state index contributed by atoms with van der Waals surface area (Å²) >= 11 is 0. The molecule has 144 valence electrons. The van der Waals surface area contributed by atoms with E-state index in [4.69, 9.17) is 0 Å². The van der Waals surface area contributed by atoms with Gasteiger partial charge < -0.3 is 10.6 Å². The molecule has 0 radical (unpaired) electrons. The van der Waals surface area contributed by atoms with Crippen molar-refractivity contribution in [3.63, 3.8) is 0 Å². The fourth-order valence-corrected chi connectivity index (χ4v) is 2.89. The van der Waals surface area contributed by atoms with Gasteiger partial charge in [-0.2, -0.15) is 0 Å². The molecule has 5 nitrogen and oxygen atoms in total. The van der Waals surface area contributed by atoms with E-state index in [2.05, 4.69) is 41.5 Å². The van der Waals surface area contributed by atoms with Crippen LogP contribution < -0.4 is 10.6 Å². The fourth-order valence-electron chi connectivity index (χ4n) is 2.89. The van der Waals surface area contributed by atoms with Crippen molar-refractivity contribution in [3.8, 4) is 0 Å². The standard InChI is InChI=1S/C22H29N3O2/c1-4-25(5-2)16-18-9-12-20(13-10-18)24-21(26)14-11-17-7-6-8-19(15-17)22(27)23-3/h6-10,12-13,15H,4-5,11,14,16H2,1-3H3,(H,23,27)(H,24,26). The molecule has 0 aliphatic heterocycles. The Kier molecular flexibility index (Phi) is 8.01. The van der Waals surface area contributed by atoms with Gasteiger partial charge in [0.05, 0.1) is 0 Å². The first-order chi connectivity index (χ1) is 13.0. The lowest BCUT2D eigenvalue weighted by Gasteiger charge is -2.18. The van der Waals surface area contributed by atoms with E-state index in [1.54, 1.807) is 13.1 Å². The lowest BCUT2D eigenvalue weighted by Crippen LogP contribution is -2.22. The van der Waals surface area contributed by atoms with Crippen LogP contribution in [0.15, 0.2) is 48.5 Å². The van der Waals surface area contributed by atoms with E-state index >= 15 is 0 Å². The number of hydrogen-bond acceptors (Lipinski definition) is 3. The second-order valence-electron chi connectivity index (χ2n) is 6.49. The molecular formula is C22H29N3O2. The van der Waals surface area contributed by atoms with Crippen molar-refractivity contribution in [1.29, 1.82) is 0 Å². The Morgan fingerprint density at radius 3 is 2.30 bits per heavy atom. The average Bonchev–Trinajstić information content (AvgIpc) is 2.71. The minimum atomic E-state index is -0.119. The summed E-state index contributed by atoms with van der Waals surface area (Å²) < 4.78 is 0. The van der Waals surface area contributed by atoms with Crippen molar-refractivity contribution in [2.75, 3.05) is 25.5 Å². The zero-order chi connectivity index (χ0) is 19.6. The summed E-state index contributed by atoms with van der Waals surface area (Å²) in [6, 6.07) is 15.4. The number of benzene rings is 2. The van der Waals surface area contributed by atoms with Crippen molar-refractivity contribution in [1.82, 2.24) is 10.2 Å². The van der Waals surface area contributed by atoms with Gasteiger partial charge in [0, 0.05) is 31.3 Å². The monoisotopic (exact) mass is 367 g/mol. The molecule has 27 heavy (non-hydrogen) atoms. The van der Waals surface area contributed by atoms with Crippen LogP contribution in [0.4, 0.5) is 5.69 Å². The Labute approximate surface area is 161 Å². The topological polar surface area (TPSA) is 61.4 Å². The maximum absolute atomic E-state index is 12.2. The minimum Gasteiger partial charge on any atom is -0.355 e. The molecule has 2 N–H and O–H groups in total. The Balaban J connectivity index is 1.86. The average molecular weight is 367 g/mol. The molecule has 2 aromatic rings. The molecule has 5 heteroatoms. The van der Waals surface area contributed by atoms with E-state index in [0.29, 0.717) is 18.4 Å².